The molecule has 1 N–H and O–H groups in total. The number of nitrogens with one attached hydrogen (secondary N) is 1. The summed E-state index contributed by atoms with van der Waals surface area (Å²) >= 11 is 0. The van der Waals surface area contributed by atoms with E-state index in [-0.39, 0.29) is 5.97 Å². The molecule has 0 bridgehead atoms. The number of carbonyl (C=O) groups excluding carboxylic acids is 1. The van der Waals surface area contributed by atoms with Crippen LogP contribution >= 0.6 is 0 Å². The van der Waals surface area contributed by atoms with Gasteiger partial charge in [-0.05, 0) is 59.4 Å². The molecule has 0 saturated heterocycles. The van der Waals surface area contributed by atoms with E-state index < -0.39 is 5.54 Å². The van der Waals surface area contributed by atoms with Crippen LogP contribution in [0.15, 0.2) is 0 Å². The van der Waals surface area contributed by atoms with Crippen molar-refractivity contribution in [3.8, 4) is 0 Å². The van der Waals surface area contributed by atoms with Crippen LogP contribution in [0, 0.1) is 5.92 Å². The van der Waals surface area contributed by atoms with Crippen LogP contribution in [0.3, 0.4) is 0 Å². The Hall–Kier alpha value is -0.610. The zero-order valence-electron chi connectivity index (χ0n) is 13.9. The van der Waals surface area contributed by atoms with Gasteiger partial charge in [0, 0.05) is 19.1 Å². The molecular formula is C16H32N2O2. The average molecular weight is 284 g/mol. The van der Waals surface area contributed by atoms with Crippen molar-refractivity contribution < 1.29 is 9.53 Å². The fraction of sp³-hybridized carbons (Fsp3) is 0.938. The molecule has 1 aliphatic carbocycles. The lowest BCUT2D eigenvalue weighted by atomic mass is 10.00. The molecule has 4 heteroatoms. The zero-order valence-corrected chi connectivity index (χ0v) is 13.9. The summed E-state index contributed by atoms with van der Waals surface area (Å²) in [5.41, 5.74) is -0.606. The lowest BCUT2D eigenvalue weighted by Crippen LogP contribution is -2.59. The number of nitrogens with zero attached hydrogens (tertiary/aromatic N) is 1. The van der Waals surface area contributed by atoms with E-state index in [4.69, 9.17) is 4.74 Å². The third kappa shape index (κ3) is 5.41. The highest BCUT2D eigenvalue weighted by atomic mass is 16.5. The van der Waals surface area contributed by atoms with Crippen molar-refractivity contribution in [1.82, 2.24) is 10.2 Å². The van der Waals surface area contributed by atoms with E-state index in [2.05, 4.69) is 31.0 Å². The van der Waals surface area contributed by atoms with Crippen LogP contribution in [-0.4, -0.2) is 48.7 Å². The number of carbonyl (C=O) groups is 1. The van der Waals surface area contributed by atoms with E-state index in [1.807, 2.05) is 13.8 Å². The first-order chi connectivity index (χ1) is 9.42. The highest BCUT2D eigenvalue weighted by Gasteiger charge is 2.38. The Balaban J connectivity index is 2.70. The molecule has 1 fully saturated rings. The number of esters is 1. The van der Waals surface area contributed by atoms with Gasteiger partial charge in [0.05, 0.1) is 6.61 Å². The Morgan fingerprint density at radius 2 is 2.05 bits per heavy atom. The summed E-state index contributed by atoms with van der Waals surface area (Å²) in [5, 5.41) is 3.39. The van der Waals surface area contributed by atoms with Crippen LogP contribution in [-0.2, 0) is 9.53 Å². The minimum Gasteiger partial charge on any atom is -0.465 e. The van der Waals surface area contributed by atoms with Crippen LogP contribution in [0.1, 0.15) is 53.9 Å². The minimum atomic E-state index is -0.606. The van der Waals surface area contributed by atoms with Crippen molar-refractivity contribution in [2.24, 2.45) is 5.92 Å². The first-order valence-corrected chi connectivity index (χ1v) is 8.09. The smallest absolute Gasteiger partial charge is 0.327 e. The largest absolute Gasteiger partial charge is 0.465 e. The number of rotatable bonds is 10. The highest BCUT2D eigenvalue weighted by Crippen LogP contribution is 2.30. The molecule has 4 nitrogen and oxygen atoms in total. The molecule has 1 saturated carbocycles. The molecule has 0 aliphatic heterocycles. The standard InChI is InChI=1S/C16H32N2O2/c1-6-10-17-16(5,15(19)20-7-2)12-18(13(3)4)11-14-8-9-14/h13-14,17H,6-12H2,1-5H3. The summed E-state index contributed by atoms with van der Waals surface area (Å²) in [5.74, 6) is 0.699. The fourth-order valence-electron chi connectivity index (χ4n) is 2.38. The van der Waals surface area contributed by atoms with Crippen LogP contribution in [0.25, 0.3) is 0 Å². The summed E-state index contributed by atoms with van der Waals surface area (Å²) < 4.78 is 5.28. The van der Waals surface area contributed by atoms with Crippen molar-refractivity contribution in [2.45, 2.75) is 65.5 Å². The molecule has 1 rings (SSSR count). The van der Waals surface area contributed by atoms with Gasteiger partial charge < -0.3 is 10.1 Å². The van der Waals surface area contributed by atoms with E-state index in [1.54, 1.807) is 0 Å². The van der Waals surface area contributed by atoms with Gasteiger partial charge in [-0.1, -0.05) is 6.92 Å². The Bertz CT molecular complexity index is 303. The molecule has 0 aromatic carbocycles. The Labute approximate surface area is 124 Å². The molecule has 0 aromatic rings. The molecule has 0 aromatic heterocycles. The quantitative estimate of drug-likeness (QED) is 0.626. The van der Waals surface area contributed by atoms with Gasteiger partial charge in [-0.3, -0.25) is 9.69 Å². The summed E-state index contributed by atoms with van der Waals surface area (Å²) in [6.07, 6.45) is 3.68. The van der Waals surface area contributed by atoms with Gasteiger partial charge in [-0.15, -0.1) is 0 Å². The second-order valence-electron chi connectivity index (χ2n) is 6.45. The van der Waals surface area contributed by atoms with E-state index in [1.165, 1.54) is 12.8 Å². The van der Waals surface area contributed by atoms with Crippen molar-refractivity contribution in [3.05, 3.63) is 0 Å². The van der Waals surface area contributed by atoms with Gasteiger partial charge in [0.2, 0.25) is 0 Å². The second kappa shape index (κ2) is 7.99. The summed E-state index contributed by atoms with van der Waals surface area (Å²) in [6, 6.07) is 0.452. The van der Waals surface area contributed by atoms with Crippen molar-refractivity contribution in [1.29, 1.82) is 0 Å². The normalized spacial score (nSPS) is 18.4. The lowest BCUT2D eigenvalue weighted by Gasteiger charge is -2.36. The van der Waals surface area contributed by atoms with E-state index in [0.717, 1.165) is 32.0 Å². The minimum absolute atomic E-state index is 0.130. The Morgan fingerprint density at radius 1 is 1.40 bits per heavy atom. The lowest BCUT2D eigenvalue weighted by molar-refractivity contribution is -0.151. The van der Waals surface area contributed by atoms with Gasteiger partial charge in [-0.25, -0.2) is 0 Å². The molecule has 1 atom stereocenters. The Kier molecular flexibility index (Phi) is 6.96. The maximum atomic E-state index is 12.3. The van der Waals surface area contributed by atoms with E-state index >= 15 is 0 Å². The monoisotopic (exact) mass is 284 g/mol. The van der Waals surface area contributed by atoms with Crippen molar-refractivity contribution in [3.63, 3.8) is 0 Å². The number of ether oxygens (including phenoxy) is 1. The van der Waals surface area contributed by atoms with Gasteiger partial charge >= 0.3 is 5.97 Å². The first-order valence-electron chi connectivity index (χ1n) is 8.09. The van der Waals surface area contributed by atoms with Gasteiger partial charge in [-0.2, -0.15) is 0 Å². The molecule has 118 valence electrons. The first kappa shape index (κ1) is 17.4. The molecule has 0 amide bonds. The van der Waals surface area contributed by atoms with Crippen molar-refractivity contribution >= 4 is 5.97 Å². The van der Waals surface area contributed by atoms with Crippen LogP contribution < -0.4 is 5.32 Å². The third-order valence-electron chi connectivity index (χ3n) is 3.93. The molecular weight excluding hydrogens is 252 g/mol. The average Bonchev–Trinajstić information content (AvgIpc) is 3.19. The van der Waals surface area contributed by atoms with Gasteiger partial charge in [0.25, 0.3) is 0 Å². The maximum Gasteiger partial charge on any atom is 0.327 e. The molecule has 0 radical (unpaired) electrons. The molecule has 1 unspecified atom stereocenters. The number of hydrogen-bond acceptors (Lipinski definition) is 4. The molecule has 0 spiro atoms. The SMILES string of the molecule is CCCNC(C)(CN(CC1CC1)C(C)C)C(=O)OCC. The topological polar surface area (TPSA) is 41.6 Å². The van der Waals surface area contributed by atoms with Crippen LogP contribution in [0.2, 0.25) is 0 Å². The van der Waals surface area contributed by atoms with Gasteiger partial charge in [0.15, 0.2) is 0 Å². The molecule has 0 heterocycles. The fourth-order valence-corrected chi connectivity index (χ4v) is 2.38. The predicted molar refractivity (Wildman–Crippen MR) is 82.8 cm³/mol. The zero-order chi connectivity index (χ0) is 15.2. The van der Waals surface area contributed by atoms with Crippen LogP contribution in [0.5, 0.6) is 0 Å². The predicted octanol–water partition coefficient (Wildman–Crippen LogP) is 2.43. The van der Waals surface area contributed by atoms with E-state index in [9.17, 15) is 4.79 Å². The summed E-state index contributed by atoms with van der Waals surface area (Å²) in [4.78, 5) is 14.7. The highest BCUT2D eigenvalue weighted by molar-refractivity contribution is 5.80. The molecule has 1 aliphatic rings. The van der Waals surface area contributed by atoms with Crippen molar-refractivity contribution in [2.75, 3.05) is 26.2 Å². The Morgan fingerprint density at radius 3 is 2.50 bits per heavy atom. The van der Waals surface area contributed by atoms with Crippen LogP contribution in [0.4, 0.5) is 0 Å². The second-order valence-corrected chi connectivity index (χ2v) is 6.45. The number of hydrogen-bond donors (Lipinski definition) is 1. The van der Waals surface area contributed by atoms with Gasteiger partial charge in [0.1, 0.15) is 5.54 Å². The summed E-state index contributed by atoms with van der Waals surface area (Å²) in [7, 11) is 0. The van der Waals surface area contributed by atoms with E-state index in [0.29, 0.717) is 12.6 Å². The maximum absolute atomic E-state index is 12.3. The third-order valence-corrected chi connectivity index (χ3v) is 3.93. The summed E-state index contributed by atoms with van der Waals surface area (Å²) in [6.45, 7) is 13.5. The molecule has 20 heavy (non-hydrogen) atoms.